The lowest BCUT2D eigenvalue weighted by Gasteiger charge is -2.11. The van der Waals surface area contributed by atoms with Crippen LogP contribution in [0, 0.1) is 0 Å². The number of amides is 1. The van der Waals surface area contributed by atoms with Gasteiger partial charge in [-0.25, -0.2) is 4.68 Å². The number of benzene rings is 2. The van der Waals surface area contributed by atoms with Crippen LogP contribution in [0.3, 0.4) is 0 Å². The van der Waals surface area contributed by atoms with Gasteiger partial charge in [0, 0.05) is 21.1 Å². The van der Waals surface area contributed by atoms with Crippen LogP contribution in [-0.2, 0) is 11.3 Å². The summed E-state index contributed by atoms with van der Waals surface area (Å²) in [4.78, 5) is 24.5. The molecule has 3 rings (SSSR count). The smallest absolute Gasteiger partial charge is 0.267 e. The van der Waals surface area contributed by atoms with Gasteiger partial charge in [0.05, 0.1) is 18.5 Å². The van der Waals surface area contributed by atoms with Crippen molar-refractivity contribution < 1.29 is 9.53 Å². The fraction of sp³-hybridized carbons (Fsp3) is 0.105. The summed E-state index contributed by atoms with van der Waals surface area (Å²) < 4.78 is 7.21. The van der Waals surface area contributed by atoms with E-state index in [2.05, 4.69) is 26.3 Å². The number of halogens is 2. The van der Waals surface area contributed by atoms with Crippen molar-refractivity contribution in [1.29, 1.82) is 0 Å². The summed E-state index contributed by atoms with van der Waals surface area (Å²) in [6.07, 6.45) is 0. The molecule has 27 heavy (non-hydrogen) atoms. The number of hydrogen-bond acceptors (Lipinski definition) is 4. The van der Waals surface area contributed by atoms with Crippen molar-refractivity contribution in [1.82, 2.24) is 9.78 Å². The van der Waals surface area contributed by atoms with E-state index >= 15 is 0 Å². The largest absolute Gasteiger partial charge is 0.495 e. The summed E-state index contributed by atoms with van der Waals surface area (Å²) >= 11 is 9.37. The van der Waals surface area contributed by atoms with Crippen molar-refractivity contribution in [2.75, 3.05) is 12.4 Å². The zero-order chi connectivity index (χ0) is 19.4. The maximum atomic E-state index is 12.4. The summed E-state index contributed by atoms with van der Waals surface area (Å²) in [5.74, 6) is 0.0486. The third kappa shape index (κ3) is 4.75. The highest BCUT2D eigenvalue weighted by Gasteiger charge is 2.11. The van der Waals surface area contributed by atoms with Crippen LogP contribution in [0.25, 0.3) is 11.3 Å². The lowest BCUT2D eigenvalue weighted by molar-refractivity contribution is -0.117. The Hall–Kier alpha value is -2.64. The molecule has 0 spiro atoms. The lowest BCUT2D eigenvalue weighted by atomic mass is 10.1. The molecule has 0 aliphatic heterocycles. The van der Waals surface area contributed by atoms with Gasteiger partial charge < -0.3 is 10.1 Å². The summed E-state index contributed by atoms with van der Waals surface area (Å²) in [7, 11) is 1.49. The number of carbonyl (C=O) groups excluding carboxylic acids is 1. The van der Waals surface area contributed by atoms with Gasteiger partial charge in [0.15, 0.2) is 0 Å². The van der Waals surface area contributed by atoms with Gasteiger partial charge in [0.25, 0.3) is 5.56 Å². The average molecular weight is 449 g/mol. The Labute approximate surface area is 168 Å². The molecule has 138 valence electrons. The second kappa shape index (κ2) is 8.37. The Morgan fingerprint density at radius 1 is 1.22 bits per heavy atom. The minimum absolute atomic E-state index is 0.240. The van der Waals surface area contributed by atoms with Crippen molar-refractivity contribution in [3.05, 3.63) is 74.4 Å². The molecule has 6 nitrogen and oxygen atoms in total. The van der Waals surface area contributed by atoms with Gasteiger partial charge in [-0.3, -0.25) is 9.59 Å². The molecule has 1 N–H and O–H groups in total. The monoisotopic (exact) mass is 447 g/mol. The molecule has 1 heterocycles. The standard InChI is InChI=1S/C19H15BrClN3O3/c1-27-17-7-5-14(21)10-16(17)22-18(25)11-24-19(26)8-6-15(23-24)12-3-2-4-13(20)9-12/h2-10H,11H2,1H3,(H,22,25). The predicted octanol–water partition coefficient (Wildman–Crippen LogP) is 3.97. The van der Waals surface area contributed by atoms with E-state index in [9.17, 15) is 9.59 Å². The maximum Gasteiger partial charge on any atom is 0.267 e. The number of carbonyl (C=O) groups is 1. The first-order valence-corrected chi connectivity index (χ1v) is 9.11. The van der Waals surface area contributed by atoms with Crippen LogP contribution >= 0.6 is 27.5 Å². The van der Waals surface area contributed by atoms with Crippen molar-refractivity contribution in [3.8, 4) is 17.0 Å². The van der Waals surface area contributed by atoms with Crippen LogP contribution in [0.2, 0.25) is 5.02 Å². The molecule has 2 aromatic carbocycles. The lowest BCUT2D eigenvalue weighted by Crippen LogP contribution is -2.29. The molecule has 0 aliphatic carbocycles. The predicted molar refractivity (Wildman–Crippen MR) is 108 cm³/mol. The highest BCUT2D eigenvalue weighted by molar-refractivity contribution is 9.10. The van der Waals surface area contributed by atoms with E-state index in [-0.39, 0.29) is 12.1 Å². The molecule has 3 aromatic rings. The maximum absolute atomic E-state index is 12.4. The van der Waals surface area contributed by atoms with Crippen LogP contribution in [0.15, 0.2) is 63.9 Å². The summed E-state index contributed by atoms with van der Waals surface area (Å²) in [6, 6.07) is 15.4. The second-order valence-corrected chi connectivity index (χ2v) is 6.97. The molecular weight excluding hydrogens is 434 g/mol. The number of methoxy groups -OCH3 is 1. The number of hydrogen-bond donors (Lipinski definition) is 1. The SMILES string of the molecule is COc1ccc(Cl)cc1NC(=O)Cn1nc(-c2cccc(Br)c2)ccc1=O. The highest BCUT2D eigenvalue weighted by atomic mass is 79.9. The van der Waals surface area contributed by atoms with Gasteiger partial charge in [-0.1, -0.05) is 39.7 Å². The van der Waals surface area contributed by atoms with Gasteiger partial charge >= 0.3 is 0 Å². The summed E-state index contributed by atoms with van der Waals surface area (Å²) in [5.41, 5.74) is 1.47. The highest BCUT2D eigenvalue weighted by Crippen LogP contribution is 2.27. The molecule has 0 saturated carbocycles. The molecular formula is C19H15BrClN3O3. The number of anilines is 1. The molecule has 0 unspecified atom stereocenters. The summed E-state index contributed by atoms with van der Waals surface area (Å²) in [5, 5.41) is 7.44. The Balaban J connectivity index is 1.83. The van der Waals surface area contributed by atoms with Crippen LogP contribution < -0.4 is 15.6 Å². The van der Waals surface area contributed by atoms with Crippen LogP contribution in [0.4, 0.5) is 5.69 Å². The van der Waals surface area contributed by atoms with E-state index in [1.54, 1.807) is 24.3 Å². The second-order valence-electron chi connectivity index (χ2n) is 5.62. The van der Waals surface area contributed by atoms with Gasteiger partial charge in [0.1, 0.15) is 12.3 Å². The first-order chi connectivity index (χ1) is 13.0. The first kappa shape index (κ1) is 19.1. The molecule has 0 fully saturated rings. The number of rotatable bonds is 5. The molecule has 8 heteroatoms. The van der Waals surface area contributed by atoms with Crippen molar-refractivity contribution in [3.63, 3.8) is 0 Å². The normalized spacial score (nSPS) is 10.5. The fourth-order valence-corrected chi connectivity index (χ4v) is 3.04. The van der Waals surface area contributed by atoms with Gasteiger partial charge in [-0.2, -0.15) is 5.10 Å². The molecule has 0 radical (unpaired) electrons. The van der Waals surface area contributed by atoms with Crippen molar-refractivity contribution in [2.45, 2.75) is 6.54 Å². The van der Waals surface area contributed by atoms with Crippen LogP contribution in [0.1, 0.15) is 0 Å². The van der Waals surface area contributed by atoms with E-state index in [4.69, 9.17) is 16.3 Å². The first-order valence-electron chi connectivity index (χ1n) is 7.94. The number of aromatic nitrogens is 2. The van der Waals surface area contributed by atoms with E-state index in [1.165, 1.54) is 13.2 Å². The molecule has 1 aromatic heterocycles. The van der Waals surface area contributed by atoms with Gasteiger partial charge in [-0.05, 0) is 36.4 Å². The minimum atomic E-state index is -0.420. The average Bonchev–Trinajstić information content (AvgIpc) is 2.63. The summed E-state index contributed by atoms with van der Waals surface area (Å²) in [6.45, 7) is -0.240. The zero-order valence-corrected chi connectivity index (χ0v) is 16.6. The minimum Gasteiger partial charge on any atom is -0.495 e. The zero-order valence-electron chi connectivity index (χ0n) is 14.3. The Morgan fingerprint density at radius 2 is 2.04 bits per heavy atom. The third-order valence-electron chi connectivity index (χ3n) is 3.72. The molecule has 0 bridgehead atoms. The Kier molecular flexibility index (Phi) is 5.93. The third-order valence-corrected chi connectivity index (χ3v) is 4.44. The van der Waals surface area contributed by atoms with Gasteiger partial charge in [0.2, 0.25) is 5.91 Å². The molecule has 0 saturated heterocycles. The van der Waals surface area contributed by atoms with E-state index in [0.717, 1.165) is 14.7 Å². The molecule has 0 aliphatic rings. The molecule has 1 amide bonds. The van der Waals surface area contributed by atoms with E-state index < -0.39 is 5.91 Å². The topological polar surface area (TPSA) is 73.2 Å². The fourth-order valence-electron chi connectivity index (χ4n) is 2.47. The van der Waals surface area contributed by atoms with E-state index in [0.29, 0.717) is 22.2 Å². The van der Waals surface area contributed by atoms with Crippen molar-refractivity contribution >= 4 is 39.1 Å². The van der Waals surface area contributed by atoms with Crippen molar-refractivity contribution in [2.24, 2.45) is 0 Å². The Morgan fingerprint density at radius 3 is 2.78 bits per heavy atom. The van der Waals surface area contributed by atoms with Crippen LogP contribution in [0.5, 0.6) is 5.75 Å². The van der Waals surface area contributed by atoms with E-state index in [1.807, 2.05) is 24.3 Å². The molecule has 0 atom stereocenters. The number of ether oxygens (including phenoxy) is 1. The Bertz CT molecular complexity index is 1050. The quantitative estimate of drug-likeness (QED) is 0.641. The number of nitrogens with one attached hydrogen (secondary N) is 1. The number of nitrogens with zero attached hydrogens (tertiary/aromatic N) is 2. The van der Waals surface area contributed by atoms with Crippen LogP contribution in [-0.4, -0.2) is 22.8 Å². The van der Waals surface area contributed by atoms with Gasteiger partial charge in [-0.15, -0.1) is 0 Å².